The van der Waals surface area contributed by atoms with Crippen molar-refractivity contribution in [2.75, 3.05) is 18.5 Å². The zero-order valence-corrected chi connectivity index (χ0v) is 17.4. The lowest BCUT2D eigenvalue weighted by Crippen LogP contribution is -2.40. The molecule has 2 heterocycles. The number of carbonyl (C=O) groups excluding carboxylic acids is 1. The van der Waals surface area contributed by atoms with Crippen molar-refractivity contribution in [1.82, 2.24) is 9.88 Å². The van der Waals surface area contributed by atoms with Crippen LogP contribution in [0.2, 0.25) is 0 Å². The maximum atomic E-state index is 13.0. The lowest BCUT2D eigenvalue weighted by Gasteiger charge is -2.25. The summed E-state index contributed by atoms with van der Waals surface area (Å²) in [5.41, 5.74) is 4.22. The van der Waals surface area contributed by atoms with Crippen molar-refractivity contribution in [3.8, 4) is 0 Å². The monoisotopic (exact) mass is 405 g/mol. The number of amides is 2. The maximum Gasteiger partial charge on any atom is 0.322 e. The Labute approximate surface area is 175 Å². The topological polar surface area (TPSA) is 74.4 Å². The molecule has 3 aromatic rings. The highest BCUT2D eigenvalue weighted by Gasteiger charge is 2.24. The van der Waals surface area contributed by atoms with E-state index >= 15 is 0 Å². The first-order valence-electron chi connectivity index (χ1n) is 10.4. The maximum absolute atomic E-state index is 13.0. The lowest BCUT2D eigenvalue weighted by atomic mass is 10.0. The van der Waals surface area contributed by atoms with Gasteiger partial charge in [0.25, 0.3) is 5.56 Å². The van der Waals surface area contributed by atoms with Gasteiger partial charge < -0.3 is 19.9 Å². The molecular weight excluding hydrogens is 378 g/mol. The van der Waals surface area contributed by atoms with E-state index in [9.17, 15) is 9.59 Å². The molecule has 2 N–H and O–H groups in total. The third-order valence-electron chi connectivity index (χ3n) is 5.66. The number of nitrogens with one attached hydrogen (secondary N) is 2. The molecular formula is C24H27N3O3. The average Bonchev–Trinajstić information content (AvgIpc) is 3.23. The van der Waals surface area contributed by atoms with E-state index in [0.29, 0.717) is 18.7 Å². The Bertz CT molecular complexity index is 1100. The van der Waals surface area contributed by atoms with Crippen molar-refractivity contribution < 1.29 is 9.53 Å². The number of para-hydroxylation sites is 1. The average molecular weight is 405 g/mol. The van der Waals surface area contributed by atoms with Crippen molar-refractivity contribution in [1.29, 1.82) is 0 Å². The second-order valence-corrected chi connectivity index (χ2v) is 7.96. The van der Waals surface area contributed by atoms with E-state index in [1.165, 1.54) is 5.56 Å². The highest BCUT2D eigenvalue weighted by atomic mass is 16.5. The number of fused-ring (bicyclic) bond motifs is 1. The summed E-state index contributed by atoms with van der Waals surface area (Å²) in [6.07, 6.45) is 1.91. The fourth-order valence-electron chi connectivity index (χ4n) is 3.82. The van der Waals surface area contributed by atoms with E-state index in [2.05, 4.69) is 23.3 Å². The number of rotatable bonds is 5. The highest BCUT2D eigenvalue weighted by molar-refractivity contribution is 5.89. The van der Waals surface area contributed by atoms with Gasteiger partial charge in [-0.3, -0.25) is 4.79 Å². The molecule has 156 valence electrons. The molecule has 1 saturated heterocycles. The van der Waals surface area contributed by atoms with Gasteiger partial charge in [-0.2, -0.15) is 0 Å². The molecule has 0 bridgehead atoms. The van der Waals surface area contributed by atoms with Crippen LogP contribution in [0.15, 0.2) is 53.3 Å². The summed E-state index contributed by atoms with van der Waals surface area (Å²) in [6.45, 7) is 5.46. The van der Waals surface area contributed by atoms with Crippen LogP contribution in [0, 0.1) is 13.8 Å². The number of carbonyl (C=O) groups is 1. The second-order valence-electron chi connectivity index (χ2n) is 7.96. The molecule has 0 unspecified atom stereocenters. The van der Waals surface area contributed by atoms with Gasteiger partial charge in [0, 0.05) is 29.9 Å². The Morgan fingerprint density at radius 1 is 1.17 bits per heavy atom. The normalized spacial score (nSPS) is 16.0. The highest BCUT2D eigenvalue weighted by Crippen LogP contribution is 2.19. The number of nitrogens with zero attached hydrogens (tertiary/aromatic N) is 1. The number of hydrogen-bond donors (Lipinski definition) is 2. The molecule has 1 atom stereocenters. The Morgan fingerprint density at radius 2 is 1.93 bits per heavy atom. The van der Waals surface area contributed by atoms with Gasteiger partial charge in [0.15, 0.2) is 0 Å². The Hall–Kier alpha value is -3.12. The predicted octanol–water partition coefficient (Wildman–Crippen LogP) is 4.36. The molecule has 0 aliphatic carbocycles. The molecule has 0 radical (unpaired) electrons. The van der Waals surface area contributed by atoms with Crippen LogP contribution in [0.25, 0.3) is 10.9 Å². The van der Waals surface area contributed by atoms with E-state index in [0.717, 1.165) is 35.0 Å². The summed E-state index contributed by atoms with van der Waals surface area (Å²) in [6, 6.07) is 15.0. The minimum absolute atomic E-state index is 0.00374. The molecule has 30 heavy (non-hydrogen) atoms. The molecule has 6 nitrogen and oxygen atoms in total. The Balaban J connectivity index is 1.61. The SMILES string of the molecule is Cc1cc2cc(CN(C[C@@H]3CCCO3)C(=O)Nc3ccccc3)c(=O)[nH]c2cc1C. The minimum Gasteiger partial charge on any atom is -0.376 e. The quantitative estimate of drug-likeness (QED) is 0.662. The van der Waals surface area contributed by atoms with Crippen LogP contribution < -0.4 is 10.9 Å². The molecule has 1 aromatic heterocycles. The van der Waals surface area contributed by atoms with Crippen molar-refractivity contribution in [2.24, 2.45) is 0 Å². The van der Waals surface area contributed by atoms with Crippen molar-refractivity contribution in [2.45, 2.75) is 39.3 Å². The Morgan fingerprint density at radius 3 is 2.67 bits per heavy atom. The van der Waals surface area contributed by atoms with E-state index in [4.69, 9.17) is 4.74 Å². The number of pyridine rings is 1. The number of aryl methyl sites for hydroxylation is 2. The van der Waals surface area contributed by atoms with E-state index in [1.54, 1.807) is 4.90 Å². The molecule has 2 aromatic carbocycles. The zero-order chi connectivity index (χ0) is 21.1. The van der Waals surface area contributed by atoms with Crippen LogP contribution in [0.5, 0.6) is 0 Å². The van der Waals surface area contributed by atoms with E-state index in [1.807, 2.05) is 49.4 Å². The molecule has 1 aliphatic heterocycles. The molecule has 4 rings (SSSR count). The van der Waals surface area contributed by atoms with Gasteiger partial charge in [0.1, 0.15) is 0 Å². The number of aromatic amines is 1. The first-order valence-corrected chi connectivity index (χ1v) is 10.4. The number of anilines is 1. The van der Waals surface area contributed by atoms with Crippen LogP contribution in [-0.4, -0.2) is 35.2 Å². The molecule has 0 spiro atoms. The second kappa shape index (κ2) is 8.71. The van der Waals surface area contributed by atoms with Crippen LogP contribution in [0.1, 0.15) is 29.5 Å². The third kappa shape index (κ3) is 4.54. The van der Waals surface area contributed by atoms with E-state index in [-0.39, 0.29) is 24.2 Å². The van der Waals surface area contributed by atoms with Crippen molar-refractivity contribution >= 4 is 22.6 Å². The van der Waals surface area contributed by atoms with Gasteiger partial charge >= 0.3 is 6.03 Å². The summed E-state index contributed by atoms with van der Waals surface area (Å²) in [7, 11) is 0. The largest absolute Gasteiger partial charge is 0.376 e. The molecule has 2 amide bonds. The summed E-state index contributed by atoms with van der Waals surface area (Å²) < 4.78 is 5.74. The molecule has 0 saturated carbocycles. The van der Waals surface area contributed by atoms with E-state index < -0.39 is 0 Å². The number of urea groups is 1. The number of ether oxygens (including phenoxy) is 1. The van der Waals surface area contributed by atoms with Gasteiger partial charge in [-0.1, -0.05) is 18.2 Å². The van der Waals surface area contributed by atoms with Gasteiger partial charge in [0.2, 0.25) is 0 Å². The number of aromatic nitrogens is 1. The van der Waals surface area contributed by atoms with Crippen LogP contribution in [0.3, 0.4) is 0 Å². The Kier molecular flexibility index (Phi) is 5.86. The van der Waals surface area contributed by atoms with Crippen LogP contribution >= 0.6 is 0 Å². The first kappa shape index (κ1) is 20.2. The fraction of sp³-hybridized carbons (Fsp3) is 0.333. The summed E-state index contributed by atoms with van der Waals surface area (Å²) in [4.78, 5) is 30.4. The van der Waals surface area contributed by atoms with Crippen molar-refractivity contribution in [3.05, 3.63) is 75.6 Å². The van der Waals surface area contributed by atoms with Crippen LogP contribution in [0.4, 0.5) is 10.5 Å². The van der Waals surface area contributed by atoms with Crippen LogP contribution in [-0.2, 0) is 11.3 Å². The lowest BCUT2D eigenvalue weighted by molar-refractivity contribution is 0.0818. The van der Waals surface area contributed by atoms with Gasteiger partial charge in [-0.25, -0.2) is 4.79 Å². The summed E-state index contributed by atoms with van der Waals surface area (Å²) in [5.74, 6) is 0. The smallest absolute Gasteiger partial charge is 0.322 e. The summed E-state index contributed by atoms with van der Waals surface area (Å²) in [5, 5.41) is 3.89. The number of H-pyrrole nitrogens is 1. The summed E-state index contributed by atoms with van der Waals surface area (Å²) >= 11 is 0. The van der Waals surface area contributed by atoms with Gasteiger partial charge in [-0.15, -0.1) is 0 Å². The molecule has 1 aliphatic rings. The minimum atomic E-state index is -0.240. The van der Waals surface area contributed by atoms with Gasteiger partial charge in [-0.05, 0) is 73.5 Å². The number of benzene rings is 2. The van der Waals surface area contributed by atoms with Crippen molar-refractivity contribution in [3.63, 3.8) is 0 Å². The van der Waals surface area contributed by atoms with Gasteiger partial charge in [0.05, 0.1) is 12.6 Å². The number of hydrogen-bond acceptors (Lipinski definition) is 3. The molecule has 6 heteroatoms. The standard InChI is InChI=1S/C24H27N3O3/c1-16-11-18-13-19(23(28)26-22(18)12-17(16)2)14-27(15-21-9-6-10-30-21)24(29)25-20-7-4-3-5-8-20/h3-5,7-8,11-13,21H,6,9-10,14-15H2,1-2H3,(H,25,29)(H,26,28)/t21-/m0/s1. The predicted molar refractivity (Wildman–Crippen MR) is 119 cm³/mol. The zero-order valence-electron chi connectivity index (χ0n) is 17.4. The first-order chi connectivity index (χ1) is 14.5. The molecule has 1 fully saturated rings. The fourth-order valence-corrected chi connectivity index (χ4v) is 3.82. The third-order valence-corrected chi connectivity index (χ3v) is 5.66.